The summed E-state index contributed by atoms with van der Waals surface area (Å²) in [5.74, 6) is 0.967. The molecule has 0 saturated heterocycles. The maximum absolute atomic E-state index is 12.2. The summed E-state index contributed by atoms with van der Waals surface area (Å²) < 4.78 is 15.6. The molecule has 21 heavy (non-hydrogen) atoms. The van der Waals surface area contributed by atoms with Crippen molar-refractivity contribution in [2.24, 2.45) is 0 Å². The van der Waals surface area contributed by atoms with Gasteiger partial charge in [0.15, 0.2) is 17.3 Å². The number of rotatable bonds is 3. The highest BCUT2D eigenvalue weighted by molar-refractivity contribution is 5.99. The Morgan fingerprint density at radius 1 is 1.24 bits per heavy atom. The molecule has 0 fully saturated rings. The minimum absolute atomic E-state index is 0.0610. The van der Waals surface area contributed by atoms with Crippen molar-refractivity contribution in [3.05, 3.63) is 23.8 Å². The number of hydrogen-bond donors (Lipinski definition) is 0. The van der Waals surface area contributed by atoms with Gasteiger partial charge >= 0.3 is 6.09 Å². The fourth-order valence-electron chi connectivity index (χ4n) is 1.78. The first-order valence-electron chi connectivity index (χ1n) is 6.63. The molecular weight excluding hydrogens is 274 g/mol. The number of benzene rings is 1. The minimum atomic E-state index is -0.590. The van der Waals surface area contributed by atoms with Crippen LogP contribution in [0.25, 0.3) is 0 Å². The van der Waals surface area contributed by atoms with Crippen molar-refractivity contribution in [3.63, 3.8) is 0 Å². The van der Waals surface area contributed by atoms with Gasteiger partial charge in [-0.3, -0.25) is 4.79 Å². The van der Waals surface area contributed by atoms with Gasteiger partial charge < -0.3 is 19.1 Å². The van der Waals surface area contributed by atoms with Crippen molar-refractivity contribution >= 4 is 11.9 Å². The number of amides is 1. The summed E-state index contributed by atoms with van der Waals surface area (Å²) in [6.45, 7) is 5.43. The first-order chi connectivity index (χ1) is 9.76. The Bertz CT molecular complexity index is 562. The van der Waals surface area contributed by atoms with Crippen LogP contribution in [0, 0.1) is 0 Å². The van der Waals surface area contributed by atoms with Crippen molar-refractivity contribution in [1.82, 2.24) is 4.90 Å². The molecule has 114 valence electrons. The molecule has 0 aliphatic carbocycles. The first kappa shape index (κ1) is 15.2. The van der Waals surface area contributed by atoms with Crippen LogP contribution in [-0.4, -0.2) is 42.8 Å². The molecule has 0 N–H and O–H groups in total. The molecule has 1 aromatic carbocycles. The highest BCUT2D eigenvalue weighted by atomic mass is 16.7. The summed E-state index contributed by atoms with van der Waals surface area (Å²) in [4.78, 5) is 25.2. The fraction of sp³-hybridized carbons (Fsp3) is 0.467. The number of ketones is 1. The van der Waals surface area contributed by atoms with E-state index in [2.05, 4.69) is 0 Å². The number of carbonyl (C=O) groups is 2. The lowest BCUT2D eigenvalue weighted by atomic mass is 10.1. The zero-order chi connectivity index (χ0) is 15.6. The van der Waals surface area contributed by atoms with Gasteiger partial charge in [-0.25, -0.2) is 4.79 Å². The lowest BCUT2D eigenvalue weighted by Crippen LogP contribution is -2.37. The van der Waals surface area contributed by atoms with Gasteiger partial charge in [-0.05, 0) is 39.0 Å². The molecule has 0 spiro atoms. The van der Waals surface area contributed by atoms with Crippen molar-refractivity contribution in [3.8, 4) is 11.5 Å². The maximum atomic E-state index is 12.2. The van der Waals surface area contributed by atoms with E-state index in [1.807, 2.05) is 0 Å². The Morgan fingerprint density at radius 2 is 1.90 bits per heavy atom. The molecule has 2 rings (SSSR count). The van der Waals surface area contributed by atoms with Crippen LogP contribution in [-0.2, 0) is 4.74 Å². The molecule has 1 amide bonds. The van der Waals surface area contributed by atoms with E-state index < -0.39 is 11.7 Å². The van der Waals surface area contributed by atoms with Gasteiger partial charge in [-0.15, -0.1) is 0 Å². The first-order valence-corrected chi connectivity index (χ1v) is 6.63. The van der Waals surface area contributed by atoms with Gasteiger partial charge in [0, 0.05) is 12.6 Å². The molecule has 6 heteroatoms. The van der Waals surface area contributed by atoms with Crippen LogP contribution in [0.5, 0.6) is 11.5 Å². The summed E-state index contributed by atoms with van der Waals surface area (Å²) in [7, 11) is 1.53. The lowest BCUT2D eigenvalue weighted by molar-refractivity contribution is 0.0295. The Morgan fingerprint density at radius 3 is 2.57 bits per heavy atom. The predicted molar refractivity (Wildman–Crippen MR) is 75.8 cm³/mol. The van der Waals surface area contributed by atoms with Crippen molar-refractivity contribution in [1.29, 1.82) is 0 Å². The van der Waals surface area contributed by atoms with E-state index >= 15 is 0 Å². The summed E-state index contributed by atoms with van der Waals surface area (Å²) >= 11 is 0. The minimum Gasteiger partial charge on any atom is -0.454 e. The highest BCUT2D eigenvalue weighted by Crippen LogP contribution is 2.32. The molecule has 1 aliphatic heterocycles. The Balaban J connectivity index is 1.99. The van der Waals surface area contributed by atoms with E-state index in [4.69, 9.17) is 14.2 Å². The Labute approximate surface area is 123 Å². The van der Waals surface area contributed by atoms with Gasteiger partial charge in [-0.2, -0.15) is 0 Å². The van der Waals surface area contributed by atoms with Crippen molar-refractivity contribution in [2.45, 2.75) is 26.4 Å². The van der Waals surface area contributed by atoms with Gasteiger partial charge in [-0.1, -0.05) is 0 Å². The molecule has 0 atom stereocenters. The van der Waals surface area contributed by atoms with E-state index in [0.717, 1.165) is 0 Å². The average molecular weight is 293 g/mol. The van der Waals surface area contributed by atoms with Crippen molar-refractivity contribution in [2.75, 3.05) is 20.4 Å². The van der Waals surface area contributed by atoms with E-state index in [1.54, 1.807) is 39.0 Å². The van der Waals surface area contributed by atoms with Gasteiger partial charge in [0.25, 0.3) is 0 Å². The molecule has 0 radical (unpaired) electrons. The SMILES string of the molecule is CN(CC(=O)c1ccc2c(c1)OCO2)C(=O)OC(C)(C)C. The number of nitrogens with zero attached hydrogens (tertiary/aromatic N) is 1. The third-order valence-electron chi connectivity index (χ3n) is 2.78. The van der Waals surface area contributed by atoms with Crippen LogP contribution in [0.3, 0.4) is 0 Å². The Hall–Kier alpha value is -2.24. The van der Waals surface area contributed by atoms with Gasteiger partial charge in [0.05, 0.1) is 6.54 Å². The fourth-order valence-corrected chi connectivity index (χ4v) is 1.78. The van der Waals surface area contributed by atoms with Gasteiger partial charge in [0.2, 0.25) is 6.79 Å². The number of Topliss-reactive ketones (excluding diaryl/α,β-unsaturated/α-hetero) is 1. The van der Waals surface area contributed by atoms with E-state index in [1.165, 1.54) is 11.9 Å². The number of fused-ring (bicyclic) bond motifs is 1. The number of likely N-dealkylation sites (N-methyl/N-ethyl adjacent to an activating group) is 1. The largest absolute Gasteiger partial charge is 0.454 e. The zero-order valence-electron chi connectivity index (χ0n) is 12.6. The molecule has 0 bridgehead atoms. The number of carbonyl (C=O) groups excluding carboxylic acids is 2. The summed E-state index contributed by atoms with van der Waals surface area (Å²) in [5.41, 5.74) is -0.123. The maximum Gasteiger partial charge on any atom is 0.410 e. The summed E-state index contributed by atoms with van der Waals surface area (Å²) in [6, 6.07) is 4.95. The molecule has 6 nitrogen and oxygen atoms in total. The molecule has 1 heterocycles. The second-order valence-electron chi connectivity index (χ2n) is 5.83. The third kappa shape index (κ3) is 3.87. The average Bonchev–Trinajstić information content (AvgIpc) is 2.83. The van der Waals surface area contributed by atoms with Crippen LogP contribution in [0.15, 0.2) is 18.2 Å². The van der Waals surface area contributed by atoms with Crippen LogP contribution < -0.4 is 9.47 Å². The predicted octanol–water partition coefficient (Wildman–Crippen LogP) is 2.46. The zero-order valence-corrected chi connectivity index (χ0v) is 12.6. The normalized spacial score (nSPS) is 13.0. The Kier molecular flexibility index (Phi) is 4.06. The van der Waals surface area contributed by atoms with Crippen LogP contribution in [0.4, 0.5) is 4.79 Å². The van der Waals surface area contributed by atoms with E-state index in [9.17, 15) is 9.59 Å². The molecule has 0 unspecified atom stereocenters. The molecule has 0 saturated carbocycles. The van der Waals surface area contributed by atoms with E-state index in [-0.39, 0.29) is 19.1 Å². The lowest BCUT2D eigenvalue weighted by Gasteiger charge is -2.24. The quantitative estimate of drug-likeness (QED) is 0.801. The molecule has 1 aliphatic rings. The smallest absolute Gasteiger partial charge is 0.410 e. The molecule has 1 aromatic rings. The summed E-state index contributed by atoms with van der Waals surface area (Å²) in [6.07, 6.45) is -0.531. The van der Waals surface area contributed by atoms with Crippen LogP contribution in [0.1, 0.15) is 31.1 Å². The van der Waals surface area contributed by atoms with Crippen LogP contribution >= 0.6 is 0 Å². The standard InChI is InChI=1S/C15H19NO5/c1-15(2,3)21-14(18)16(4)8-11(17)10-5-6-12-13(7-10)20-9-19-12/h5-7H,8-9H2,1-4H3. The van der Waals surface area contributed by atoms with Gasteiger partial charge in [0.1, 0.15) is 5.60 Å². The topological polar surface area (TPSA) is 65.1 Å². The summed E-state index contributed by atoms with van der Waals surface area (Å²) in [5, 5.41) is 0. The number of hydrogen-bond acceptors (Lipinski definition) is 5. The monoisotopic (exact) mass is 293 g/mol. The number of ether oxygens (including phenoxy) is 3. The van der Waals surface area contributed by atoms with E-state index in [0.29, 0.717) is 17.1 Å². The second kappa shape index (κ2) is 5.63. The molecule has 0 aromatic heterocycles. The second-order valence-corrected chi connectivity index (χ2v) is 5.83. The molecular formula is C15H19NO5. The third-order valence-corrected chi connectivity index (χ3v) is 2.78. The van der Waals surface area contributed by atoms with Crippen LogP contribution in [0.2, 0.25) is 0 Å². The highest BCUT2D eigenvalue weighted by Gasteiger charge is 2.22. The van der Waals surface area contributed by atoms with Crippen molar-refractivity contribution < 1.29 is 23.8 Å².